The number of carbonyl (C=O) groups excluding carboxylic acids is 2. The van der Waals surface area contributed by atoms with Gasteiger partial charge in [-0.15, -0.1) is 11.3 Å². The van der Waals surface area contributed by atoms with E-state index in [4.69, 9.17) is 4.42 Å². The molecule has 0 aliphatic carbocycles. The molecule has 1 unspecified atom stereocenters. The van der Waals surface area contributed by atoms with Gasteiger partial charge >= 0.3 is 17.9 Å². The maximum Gasteiger partial charge on any atom is 0.410 e. The molecule has 2 heterocycles. The first kappa shape index (κ1) is 28.9. The molecule has 7 nitrogen and oxygen atoms in total. The number of ketones is 1. The normalized spacial score (nSPS) is 13.1. The average Bonchev–Trinajstić information content (AvgIpc) is 3.23. The van der Waals surface area contributed by atoms with E-state index < -0.39 is 41.4 Å². The number of nitrogens with one attached hydrogen (secondary N) is 1. The van der Waals surface area contributed by atoms with E-state index in [-0.39, 0.29) is 30.1 Å². The van der Waals surface area contributed by atoms with Crippen LogP contribution in [0.4, 0.5) is 18.0 Å². The first-order chi connectivity index (χ1) is 16.9. The summed E-state index contributed by atoms with van der Waals surface area (Å²) < 4.78 is 46.7. The second kappa shape index (κ2) is 13.1. The van der Waals surface area contributed by atoms with E-state index >= 15 is 0 Å². The van der Waals surface area contributed by atoms with Crippen LogP contribution in [0.2, 0.25) is 0 Å². The van der Waals surface area contributed by atoms with Crippen molar-refractivity contribution in [1.82, 2.24) is 5.32 Å². The lowest BCUT2D eigenvalue weighted by Gasteiger charge is -2.11. The molecule has 0 saturated heterocycles. The van der Waals surface area contributed by atoms with Gasteiger partial charge in [0.05, 0.1) is 7.11 Å². The summed E-state index contributed by atoms with van der Waals surface area (Å²) >= 11 is 1.26. The number of alkyl carbamates (subject to hydrolysis) is 1. The highest BCUT2D eigenvalue weighted by atomic mass is 32.1. The van der Waals surface area contributed by atoms with E-state index in [0.717, 1.165) is 4.88 Å². The van der Waals surface area contributed by atoms with Gasteiger partial charge in [0.2, 0.25) is 0 Å². The van der Waals surface area contributed by atoms with Crippen molar-refractivity contribution in [1.29, 1.82) is 0 Å². The lowest BCUT2D eigenvalue weighted by atomic mass is 10.00. The number of aryl methyl sites for hydroxylation is 1. The number of amides is 1. The number of Topliss-reactive ketones (excluding diaryl/α,β-unsaturated/α-hetero) is 1. The van der Waals surface area contributed by atoms with Gasteiger partial charge in [0.25, 0.3) is 0 Å². The molecule has 2 aromatic rings. The number of ether oxygens (including phenoxy) is 1. The second-order valence-corrected chi connectivity index (χ2v) is 9.34. The first-order valence-corrected chi connectivity index (χ1v) is 12.0. The van der Waals surface area contributed by atoms with Crippen molar-refractivity contribution in [3.63, 3.8) is 0 Å². The summed E-state index contributed by atoms with van der Waals surface area (Å²) in [7, 11) is 1.25. The Morgan fingerprint density at radius 1 is 1.31 bits per heavy atom. The fourth-order valence-corrected chi connectivity index (χ4v) is 4.31. The van der Waals surface area contributed by atoms with Crippen LogP contribution in [0.1, 0.15) is 71.3 Å². The van der Waals surface area contributed by atoms with Crippen LogP contribution in [0, 0.1) is 0 Å². The van der Waals surface area contributed by atoms with Crippen molar-refractivity contribution in [3.05, 3.63) is 67.5 Å². The van der Waals surface area contributed by atoms with Crippen molar-refractivity contribution in [2.45, 2.75) is 58.0 Å². The molecule has 11 heteroatoms. The van der Waals surface area contributed by atoms with Crippen molar-refractivity contribution in [3.8, 4) is 5.75 Å². The van der Waals surface area contributed by atoms with Crippen LogP contribution < -0.4 is 10.9 Å². The van der Waals surface area contributed by atoms with Gasteiger partial charge in [0.15, 0.2) is 5.78 Å². The summed E-state index contributed by atoms with van der Waals surface area (Å²) in [5.74, 6) is -1.24. The Morgan fingerprint density at radius 3 is 2.67 bits per heavy atom. The largest absolute Gasteiger partial charge is 0.507 e. The predicted molar refractivity (Wildman–Crippen MR) is 130 cm³/mol. The molecule has 0 spiro atoms. The van der Waals surface area contributed by atoms with E-state index in [1.807, 2.05) is 0 Å². The zero-order chi connectivity index (χ0) is 26.9. The van der Waals surface area contributed by atoms with Crippen molar-refractivity contribution in [2.75, 3.05) is 7.11 Å². The summed E-state index contributed by atoms with van der Waals surface area (Å²) in [5.41, 5.74) is -1.27. The molecule has 0 saturated carbocycles. The van der Waals surface area contributed by atoms with Crippen LogP contribution in [-0.4, -0.2) is 30.3 Å². The summed E-state index contributed by atoms with van der Waals surface area (Å²) in [6.45, 7) is 3.27. The lowest BCUT2D eigenvalue weighted by molar-refractivity contribution is -0.135. The minimum absolute atomic E-state index is 0.0224. The summed E-state index contributed by atoms with van der Waals surface area (Å²) in [6, 6.07) is 4.63. The maximum atomic E-state index is 12.8. The lowest BCUT2D eigenvalue weighted by Crippen LogP contribution is -2.16. The Bertz CT molecular complexity index is 1180. The van der Waals surface area contributed by atoms with Gasteiger partial charge < -0.3 is 14.3 Å². The molecule has 0 aliphatic rings. The minimum Gasteiger partial charge on any atom is -0.507 e. The second-order valence-electron chi connectivity index (χ2n) is 8.14. The molecular weight excluding hydrogens is 499 g/mol. The highest BCUT2D eigenvalue weighted by molar-refractivity contribution is 7.12. The van der Waals surface area contributed by atoms with Crippen molar-refractivity contribution < 1.29 is 37.0 Å². The molecule has 0 aliphatic heterocycles. The number of alkyl halides is 3. The standard InChI is InChI=1S/C25H28F3NO6S/c1-15(7-4-5-12-29-24(33)34-3)20-14-19(30)21(23(32)35-20)22(31)16(2)13-18-10-9-17(36-18)8-6-11-25(26,27)28/h5,9-10,12-15,30H,4,6-8,11H2,1-3H3,(H,29,33)/b12-5+,16-13+. The van der Waals surface area contributed by atoms with Gasteiger partial charge in [-0.2, -0.15) is 13.2 Å². The molecule has 1 amide bonds. The van der Waals surface area contributed by atoms with Gasteiger partial charge in [0, 0.05) is 34.4 Å². The SMILES string of the molecule is COC(=O)N/C=C/CCC(C)c1cc(O)c(C(=O)/C(C)=C/c2ccc(CCCC(F)(F)F)s2)c(=O)o1. The Balaban J connectivity index is 2.05. The topological polar surface area (TPSA) is 106 Å². The number of hydrogen-bond donors (Lipinski definition) is 2. The first-order valence-electron chi connectivity index (χ1n) is 11.2. The van der Waals surface area contributed by atoms with Crippen LogP contribution in [0.3, 0.4) is 0 Å². The highest BCUT2D eigenvalue weighted by Gasteiger charge is 2.26. The quantitative estimate of drug-likeness (QED) is 0.261. The number of methoxy groups -OCH3 is 1. The Kier molecular flexibility index (Phi) is 10.5. The van der Waals surface area contributed by atoms with Crippen LogP contribution >= 0.6 is 11.3 Å². The van der Waals surface area contributed by atoms with E-state index in [0.29, 0.717) is 17.7 Å². The van der Waals surface area contributed by atoms with E-state index in [1.54, 1.807) is 25.1 Å². The molecule has 0 bridgehead atoms. The third-order valence-electron chi connectivity index (χ3n) is 5.22. The number of carbonyl (C=O) groups is 2. The Labute approximate surface area is 210 Å². The predicted octanol–water partition coefficient (Wildman–Crippen LogP) is 6.33. The van der Waals surface area contributed by atoms with Gasteiger partial charge in [-0.05, 0) is 56.4 Å². The number of aromatic hydroxyl groups is 1. The van der Waals surface area contributed by atoms with Gasteiger partial charge in [0.1, 0.15) is 17.1 Å². The Morgan fingerprint density at radius 2 is 2.03 bits per heavy atom. The molecule has 196 valence electrons. The minimum atomic E-state index is -4.19. The van der Waals surface area contributed by atoms with E-state index in [9.17, 15) is 32.7 Å². The monoisotopic (exact) mass is 527 g/mol. The number of allylic oxidation sites excluding steroid dienone is 2. The van der Waals surface area contributed by atoms with Crippen molar-refractivity contribution in [2.24, 2.45) is 0 Å². The molecule has 0 radical (unpaired) electrons. The fourth-order valence-electron chi connectivity index (χ4n) is 3.25. The summed E-state index contributed by atoms with van der Waals surface area (Å²) in [6.07, 6.45) is 0.323. The van der Waals surface area contributed by atoms with E-state index in [1.165, 1.54) is 43.7 Å². The third-order valence-corrected chi connectivity index (χ3v) is 6.31. The van der Waals surface area contributed by atoms with E-state index in [2.05, 4.69) is 10.1 Å². The van der Waals surface area contributed by atoms with Gasteiger partial charge in [-0.1, -0.05) is 13.0 Å². The van der Waals surface area contributed by atoms with Crippen molar-refractivity contribution >= 4 is 29.3 Å². The van der Waals surface area contributed by atoms with Crippen LogP contribution in [0.5, 0.6) is 5.75 Å². The highest BCUT2D eigenvalue weighted by Crippen LogP contribution is 2.28. The number of halogens is 3. The molecule has 2 N–H and O–H groups in total. The number of rotatable bonds is 11. The third kappa shape index (κ3) is 9.03. The Hall–Kier alpha value is -3.34. The molecule has 36 heavy (non-hydrogen) atoms. The molecule has 2 aromatic heterocycles. The molecular formula is C25H28F3NO6S. The number of hydrogen-bond acceptors (Lipinski definition) is 7. The zero-order valence-corrected chi connectivity index (χ0v) is 20.9. The fraction of sp³-hybridized carbons (Fsp3) is 0.400. The molecule has 1 atom stereocenters. The summed E-state index contributed by atoms with van der Waals surface area (Å²) in [4.78, 5) is 37.7. The molecule has 0 fully saturated rings. The average molecular weight is 528 g/mol. The van der Waals surface area contributed by atoms with Crippen LogP contribution in [-0.2, 0) is 11.2 Å². The zero-order valence-electron chi connectivity index (χ0n) is 20.1. The maximum absolute atomic E-state index is 12.8. The van der Waals surface area contributed by atoms with Gasteiger partial charge in [-0.3, -0.25) is 10.1 Å². The molecule has 0 aromatic carbocycles. The molecule has 2 rings (SSSR count). The van der Waals surface area contributed by atoms with Crippen LogP contribution in [0.15, 0.2) is 45.3 Å². The van der Waals surface area contributed by atoms with Gasteiger partial charge in [-0.25, -0.2) is 9.59 Å². The number of thiophene rings is 1. The van der Waals surface area contributed by atoms with Crippen LogP contribution in [0.25, 0.3) is 6.08 Å². The smallest absolute Gasteiger partial charge is 0.410 e. The summed E-state index contributed by atoms with van der Waals surface area (Å²) in [5, 5.41) is 12.8.